The van der Waals surface area contributed by atoms with Crippen LogP contribution in [-0.2, 0) is 0 Å². The van der Waals surface area contributed by atoms with Crippen molar-refractivity contribution < 1.29 is 0 Å². The first kappa shape index (κ1) is 12.0. The maximum Gasteiger partial charge on any atom is 0.0933 e. The minimum atomic E-state index is 1.10. The van der Waals surface area contributed by atoms with E-state index in [1.165, 1.54) is 14.8 Å². The number of nitrogens with one attached hydrogen (secondary N) is 1. The third-order valence-electron chi connectivity index (χ3n) is 2.48. The highest BCUT2D eigenvalue weighted by Gasteiger charge is 2.03. The van der Waals surface area contributed by atoms with Crippen molar-refractivity contribution in [3.8, 4) is 9.75 Å². The van der Waals surface area contributed by atoms with Crippen LogP contribution >= 0.6 is 38.6 Å². The Morgan fingerprint density at radius 2 is 1.72 bits per heavy atom. The summed E-state index contributed by atoms with van der Waals surface area (Å²) in [5.41, 5.74) is 1.11. The van der Waals surface area contributed by atoms with Crippen LogP contribution in [0.1, 0.15) is 0 Å². The Kier molecular flexibility index (Phi) is 3.50. The summed E-state index contributed by atoms with van der Waals surface area (Å²) in [5.74, 6) is 0. The highest BCUT2D eigenvalue weighted by molar-refractivity contribution is 9.10. The lowest BCUT2D eigenvalue weighted by Crippen LogP contribution is -1.85. The molecule has 2 heterocycles. The maximum atomic E-state index is 3.44. The van der Waals surface area contributed by atoms with Crippen LogP contribution in [0.15, 0.2) is 58.4 Å². The van der Waals surface area contributed by atoms with Gasteiger partial charge >= 0.3 is 0 Å². The largest absolute Gasteiger partial charge is 0.347 e. The molecule has 0 saturated heterocycles. The second-order valence-electron chi connectivity index (χ2n) is 3.77. The van der Waals surface area contributed by atoms with E-state index < -0.39 is 0 Å². The number of anilines is 2. The predicted octanol–water partition coefficient (Wildman–Crippen LogP) is 5.98. The summed E-state index contributed by atoms with van der Waals surface area (Å²) < 4.78 is 1.10. The average Bonchev–Trinajstić information content (AvgIpc) is 3.02. The monoisotopic (exact) mass is 335 g/mol. The first-order chi connectivity index (χ1) is 8.81. The highest BCUT2D eigenvalue weighted by Crippen LogP contribution is 2.35. The molecule has 3 aromatic rings. The summed E-state index contributed by atoms with van der Waals surface area (Å²) in [6, 6.07) is 16.7. The van der Waals surface area contributed by atoms with E-state index in [1.807, 2.05) is 12.1 Å². The van der Waals surface area contributed by atoms with Crippen LogP contribution < -0.4 is 5.32 Å². The van der Waals surface area contributed by atoms with E-state index >= 15 is 0 Å². The Hall–Kier alpha value is -1.10. The summed E-state index contributed by atoms with van der Waals surface area (Å²) in [6.07, 6.45) is 0. The third-order valence-corrected chi connectivity index (χ3v) is 5.08. The van der Waals surface area contributed by atoms with Gasteiger partial charge in [-0.25, -0.2) is 0 Å². The molecular weight excluding hydrogens is 326 g/mol. The number of benzene rings is 1. The SMILES string of the molecule is Brc1ccc(Nc2ccc(-c3cccs3)s2)cc1. The van der Waals surface area contributed by atoms with Gasteiger partial charge in [-0.3, -0.25) is 0 Å². The molecule has 0 saturated carbocycles. The molecule has 0 aliphatic rings. The van der Waals surface area contributed by atoms with Crippen LogP contribution in [-0.4, -0.2) is 0 Å². The second-order valence-corrected chi connectivity index (χ2v) is 6.72. The van der Waals surface area contributed by atoms with Crippen LogP contribution in [0, 0.1) is 0 Å². The Bertz CT molecular complexity index is 626. The minimum Gasteiger partial charge on any atom is -0.347 e. The zero-order chi connectivity index (χ0) is 12.4. The molecule has 2 aromatic heterocycles. The lowest BCUT2D eigenvalue weighted by molar-refractivity contribution is 1.58. The molecule has 0 bridgehead atoms. The Morgan fingerprint density at radius 3 is 2.44 bits per heavy atom. The van der Waals surface area contributed by atoms with Gasteiger partial charge in [-0.2, -0.15) is 0 Å². The molecule has 4 heteroatoms. The normalized spacial score (nSPS) is 10.5. The Balaban J connectivity index is 1.80. The standard InChI is InChI=1S/C14H10BrNS2/c15-10-3-5-11(6-4-10)16-14-8-7-13(18-14)12-2-1-9-17-12/h1-9,16H. The van der Waals surface area contributed by atoms with E-state index in [0.29, 0.717) is 0 Å². The van der Waals surface area contributed by atoms with E-state index in [0.717, 1.165) is 10.2 Å². The molecule has 3 rings (SSSR count). The van der Waals surface area contributed by atoms with E-state index in [4.69, 9.17) is 0 Å². The summed E-state index contributed by atoms with van der Waals surface area (Å²) in [7, 11) is 0. The fourth-order valence-corrected chi connectivity index (χ4v) is 3.66. The molecule has 1 aromatic carbocycles. The fourth-order valence-electron chi connectivity index (χ4n) is 1.63. The first-order valence-corrected chi connectivity index (χ1v) is 7.96. The maximum absolute atomic E-state index is 3.44. The second kappa shape index (κ2) is 5.26. The van der Waals surface area contributed by atoms with Gasteiger partial charge in [-0.15, -0.1) is 22.7 Å². The van der Waals surface area contributed by atoms with Gasteiger partial charge in [0.1, 0.15) is 0 Å². The van der Waals surface area contributed by atoms with Crippen molar-refractivity contribution in [3.05, 3.63) is 58.4 Å². The summed E-state index contributed by atoms with van der Waals surface area (Å²) >= 11 is 6.99. The molecule has 1 N–H and O–H groups in total. The first-order valence-electron chi connectivity index (χ1n) is 5.47. The average molecular weight is 336 g/mol. The van der Waals surface area contributed by atoms with Gasteiger partial charge in [0.15, 0.2) is 0 Å². The van der Waals surface area contributed by atoms with Gasteiger partial charge in [0.05, 0.1) is 5.00 Å². The Morgan fingerprint density at radius 1 is 0.889 bits per heavy atom. The highest BCUT2D eigenvalue weighted by atomic mass is 79.9. The molecule has 90 valence electrons. The molecule has 1 nitrogen and oxygen atoms in total. The zero-order valence-corrected chi connectivity index (χ0v) is 12.6. The molecule has 0 spiro atoms. The number of thiophene rings is 2. The minimum absolute atomic E-state index is 1.10. The topological polar surface area (TPSA) is 12.0 Å². The fraction of sp³-hybridized carbons (Fsp3) is 0. The summed E-state index contributed by atoms with van der Waals surface area (Å²) in [5, 5.41) is 6.69. The zero-order valence-electron chi connectivity index (χ0n) is 9.39. The molecule has 0 aliphatic heterocycles. The molecule has 18 heavy (non-hydrogen) atoms. The molecular formula is C14H10BrNS2. The summed E-state index contributed by atoms with van der Waals surface area (Å²) in [4.78, 5) is 2.63. The number of hydrogen-bond donors (Lipinski definition) is 1. The lowest BCUT2D eigenvalue weighted by Gasteiger charge is -2.02. The quantitative estimate of drug-likeness (QED) is 0.620. The van der Waals surface area contributed by atoms with Crippen LogP contribution in [0.2, 0.25) is 0 Å². The van der Waals surface area contributed by atoms with Gasteiger partial charge in [0.25, 0.3) is 0 Å². The molecule has 0 amide bonds. The van der Waals surface area contributed by atoms with E-state index in [1.54, 1.807) is 22.7 Å². The van der Waals surface area contributed by atoms with E-state index in [9.17, 15) is 0 Å². The molecule has 0 radical (unpaired) electrons. The van der Waals surface area contributed by atoms with Crippen LogP contribution in [0.3, 0.4) is 0 Å². The Labute approximate surface area is 122 Å². The van der Waals surface area contributed by atoms with E-state index in [-0.39, 0.29) is 0 Å². The van der Waals surface area contributed by atoms with Crippen molar-refractivity contribution in [2.75, 3.05) is 5.32 Å². The van der Waals surface area contributed by atoms with E-state index in [2.05, 4.69) is 63.0 Å². The van der Waals surface area contributed by atoms with Crippen LogP contribution in [0.5, 0.6) is 0 Å². The predicted molar refractivity (Wildman–Crippen MR) is 85.1 cm³/mol. The smallest absolute Gasteiger partial charge is 0.0933 e. The number of hydrogen-bond acceptors (Lipinski definition) is 3. The molecule has 0 atom stereocenters. The number of rotatable bonds is 3. The van der Waals surface area contributed by atoms with Gasteiger partial charge in [-0.05, 0) is 47.8 Å². The molecule has 0 fully saturated rings. The van der Waals surface area contributed by atoms with Crippen molar-refractivity contribution in [1.82, 2.24) is 0 Å². The van der Waals surface area contributed by atoms with Gasteiger partial charge in [0.2, 0.25) is 0 Å². The van der Waals surface area contributed by atoms with Crippen molar-refractivity contribution >= 4 is 49.3 Å². The summed E-state index contributed by atoms with van der Waals surface area (Å²) in [6.45, 7) is 0. The van der Waals surface area contributed by atoms with Crippen LogP contribution in [0.25, 0.3) is 9.75 Å². The lowest BCUT2D eigenvalue weighted by atomic mass is 10.3. The van der Waals surface area contributed by atoms with Crippen molar-refractivity contribution in [1.29, 1.82) is 0 Å². The van der Waals surface area contributed by atoms with Gasteiger partial charge in [-0.1, -0.05) is 22.0 Å². The van der Waals surface area contributed by atoms with Gasteiger partial charge < -0.3 is 5.32 Å². The van der Waals surface area contributed by atoms with Gasteiger partial charge in [0, 0.05) is 19.9 Å². The third kappa shape index (κ3) is 2.66. The number of halogens is 1. The van der Waals surface area contributed by atoms with Crippen LogP contribution in [0.4, 0.5) is 10.7 Å². The molecule has 0 aliphatic carbocycles. The van der Waals surface area contributed by atoms with Crippen molar-refractivity contribution in [2.24, 2.45) is 0 Å². The molecule has 0 unspecified atom stereocenters. The van der Waals surface area contributed by atoms with Crippen molar-refractivity contribution in [2.45, 2.75) is 0 Å². The van der Waals surface area contributed by atoms with Crippen molar-refractivity contribution in [3.63, 3.8) is 0 Å².